The fourth-order valence-electron chi connectivity index (χ4n) is 0.734. The maximum absolute atomic E-state index is 9.78. The smallest absolute Gasteiger partial charge is 0.0893 e. The lowest BCUT2D eigenvalue weighted by atomic mass is 10.2. The van der Waals surface area contributed by atoms with Gasteiger partial charge in [-0.05, 0) is 24.6 Å². The topological polar surface area (TPSA) is 47.8 Å². The number of nitrogens with zero attached hydrogens (tertiary/aromatic N) is 2. The Bertz CT molecular complexity index is 286. The summed E-state index contributed by atoms with van der Waals surface area (Å²) >= 11 is 5.65. The molecule has 3 nitrogen and oxygen atoms in total. The first-order valence-corrected chi connectivity index (χ1v) is 3.41. The Hall–Kier alpha value is -1.09. The van der Waals surface area contributed by atoms with Crippen LogP contribution in [-0.2, 0) is 0 Å². The molecular weight excluding hydrogens is 164 g/mol. The van der Waals surface area contributed by atoms with Crippen LogP contribution in [0.1, 0.15) is 5.56 Å². The van der Waals surface area contributed by atoms with Gasteiger partial charge in [0.2, 0.25) is 0 Å². The highest BCUT2D eigenvalue weighted by Gasteiger charge is 1.95. The zero-order valence-electron chi connectivity index (χ0n) is 5.91. The molecule has 0 radical (unpaired) electrons. The van der Waals surface area contributed by atoms with Crippen molar-refractivity contribution in [3.8, 4) is 0 Å². The van der Waals surface area contributed by atoms with Gasteiger partial charge in [0.05, 0.1) is 5.69 Å². The summed E-state index contributed by atoms with van der Waals surface area (Å²) < 4.78 is 0. The third kappa shape index (κ3) is 1.91. The molecule has 4 heteroatoms. The zero-order chi connectivity index (χ0) is 8.27. The van der Waals surface area contributed by atoms with E-state index in [1.54, 1.807) is 18.2 Å². The minimum Gasteiger partial charge on any atom is -0.775 e. The highest BCUT2D eigenvalue weighted by atomic mass is 35.5. The standard InChI is InChI=1S/C7H7ClN2O/c1-5-2-3-6(8)4-7(5)9-10-11/h2-4H,1H3,(H,9,11)/p-1. The lowest BCUT2D eigenvalue weighted by molar-refractivity contribution is 1.22. The number of hydrogen-bond acceptors (Lipinski definition) is 3. The summed E-state index contributed by atoms with van der Waals surface area (Å²) in [7, 11) is 0. The zero-order valence-corrected chi connectivity index (χ0v) is 6.67. The van der Waals surface area contributed by atoms with Gasteiger partial charge < -0.3 is 5.21 Å². The predicted octanol–water partition coefficient (Wildman–Crippen LogP) is 3.23. The number of halogens is 1. The van der Waals surface area contributed by atoms with E-state index in [9.17, 15) is 5.21 Å². The summed E-state index contributed by atoms with van der Waals surface area (Å²) in [5.74, 6) is 0. The van der Waals surface area contributed by atoms with E-state index in [0.29, 0.717) is 10.7 Å². The van der Waals surface area contributed by atoms with Crippen LogP contribution in [0.2, 0.25) is 5.02 Å². The molecule has 1 aromatic rings. The first kappa shape index (κ1) is 8.01. The second-order valence-corrected chi connectivity index (χ2v) is 2.55. The minimum absolute atomic E-state index is 0.521. The fraction of sp³-hybridized carbons (Fsp3) is 0.143. The molecule has 0 unspecified atom stereocenters. The lowest BCUT2D eigenvalue weighted by Crippen LogP contribution is -1.72. The first-order valence-electron chi connectivity index (χ1n) is 3.03. The summed E-state index contributed by atoms with van der Waals surface area (Å²) in [5, 5.41) is 16.1. The summed E-state index contributed by atoms with van der Waals surface area (Å²) in [5.41, 5.74) is 1.40. The van der Waals surface area contributed by atoms with Crippen molar-refractivity contribution in [3.05, 3.63) is 34.0 Å². The average Bonchev–Trinajstić information content (AvgIpc) is 1.98. The van der Waals surface area contributed by atoms with E-state index in [1.807, 2.05) is 6.92 Å². The van der Waals surface area contributed by atoms with E-state index in [-0.39, 0.29) is 0 Å². The molecule has 0 aliphatic rings. The van der Waals surface area contributed by atoms with Gasteiger partial charge in [-0.3, -0.25) is 0 Å². The molecule has 0 fully saturated rings. The molecule has 0 N–H and O–H groups in total. The van der Waals surface area contributed by atoms with Crippen LogP contribution < -0.4 is 0 Å². The van der Waals surface area contributed by atoms with E-state index >= 15 is 0 Å². The highest BCUT2D eigenvalue weighted by molar-refractivity contribution is 6.30. The van der Waals surface area contributed by atoms with Gasteiger partial charge >= 0.3 is 0 Å². The van der Waals surface area contributed by atoms with Gasteiger partial charge in [-0.1, -0.05) is 17.7 Å². The Morgan fingerprint density at radius 3 is 2.82 bits per heavy atom. The monoisotopic (exact) mass is 169 g/mol. The molecule has 0 aliphatic carbocycles. The fourth-order valence-corrected chi connectivity index (χ4v) is 0.901. The normalized spacial score (nSPS) is 10.7. The molecule has 0 heterocycles. The number of rotatable bonds is 1. The molecule has 0 saturated heterocycles. The highest BCUT2D eigenvalue weighted by Crippen LogP contribution is 2.22. The van der Waals surface area contributed by atoms with Crippen molar-refractivity contribution in [1.82, 2.24) is 0 Å². The Labute approximate surface area is 69.3 Å². The molecule has 1 rings (SSSR count). The van der Waals surface area contributed by atoms with Crippen LogP contribution in [0.25, 0.3) is 0 Å². The van der Waals surface area contributed by atoms with Gasteiger partial charge in [0.15, 0.2) is 0 Å². The van der Waals surface area contributed by atoms with Gasteiger partial charge in [-0.15, -0.1) is 0 Å². The summed E-state index contributed by atoms with van der Waals surface area (Å²) in [6, 6.07) is 5.12. The molecule has 0 atom stereocenters. The van der Waals surface area contributed by atoms with Crippen LogP contribution >= 0.6 is 11.6 Å². The van der Waals surface area contributed by atoms with E-state index in [1.165, 1.54) is 0 Å². The minimum atomic E-state index is 0.521. The second-order valence-electron chi connectivity index (χ2n) is 2.11. The third-order valence-corrected chi connectivity index (χ3v) is 1.55. The predicted molar refractivity (Wildman–Crippen MR) is 44.1 cm³/mol. The van der Waals surface area contributed by atoms with Crippen molar-refractivity contribution in [3.63, 3.8) is 0 Å². The van der Waals surface area contributed by atoms with Crippen LogP contribution in [0, 0.1) is 12.1 Å². The molecule has 0 bridgehead atoms. The average molecular weight is 170 g/mol. The van der Waals surface area contributed by atoms with Crippen molar-refractivity contribution < 1.29 is 0 Å². The molecule has 11 heavy (non-hydrogen) atoms. The van der Waals surface area contributed by atoms with Crippen LogP contribution in [0.5, 0.6) is 0 Å². The van der Waals surface area contributed by atoms with Gasteiger partial charge in [0, 0.05) is 5.02 Å². The molecule has 0 spiro atoms. The Balaban J connectivity index is 3.12. The van der Waals surface area contributed by atoms with E-state index in [4.69, 9.17) is 11.6 Å². The molecule has 58 valence electrons. The molecule has 0 amide bonds. The number of hydrogen-bond donors (Lipinski definition) is 0. The molecule has 0 aromatic heterocycles. The van der Waals surface area contributed by atoms with Gasteiger partial charge in [-0.2, -0.15) is 5.11 Å². The first-order chi connectivity index (χ1) is 5.24. The van der Waals surface area contributed by atoms with Crippen molar-refractivity contribution >= 4 is 17.3 Å². The molecule has 0 aliphatic heterocycles. The second kappa shape index (κ2) is 3.34. The number of aryl methyl sites for hydroxylation is 1. The largest absolute Gasteiger partial charge is 0.775 e. The van der Waals surface area contributed by atoms with E-state index in [0.717, 1.165) is 5.56 Å². The van der Waals surface area contributed by atoms with Gasteiger partial charge in [-0.25, -0.2) is 5.28 Å². The van der Waals surface area contributed by atoms with E-state index < -0.39 is 0 Å². The van der Waals surface area contributed by atoms with Crippen molar-refractivity contribution in [2.24, 2.45) is 10.4 Å². The van der Waals surface area contributed by atoms with Crippen LogP contribution in [-0.4, -0.2) is 0 Å². The van der Waals surface area contributed by atoms with Crippen LogP contribution in [0.15, 0.2) is 28.6 Å². The quantitative estimate of drug-likeness (QED) is 0.470. The summed E-state index contributed by atoms with van der Waals surface area (Å²) in [6.07, 6.45) is 0. The van der Waals surface area contributed by atoms with Crippen molar-refractivity contribution in [2.75, 3.05) is 0 Å². The Kier molecular flexibility index (Phi) is 2.44. The molecule has 0 saturated carbocycles. The maximum atomic E-state index is 9.78. The number of benzene rings is 1. The van der Waals surface area contributed by atoms with Gasteiger partial charge in [0.25, 0.3) is 0 Å². The SMILES string of the molecule is Cc1ccc(Cl)cc1N=N[O-]. The van der Waals surface area contributed by atoms with Crippen molar-refractivity contribution in [2.45, 2.75) is 6.92 Å². The summed E-state index contributed by atoms with van der Waals surface area (Å²) in [4.78, 5) is 0. The van der Waals surface area contributed by atoms with Crippen molar-refractivity contribution in [1.29, 1.82) is 0 Å². The summed E-state index contributed by atoms with van der Waals surface area (Å²) in [6.45, 7) is 1.83. The van der Waals surface area contributed by atoms with E-state index in [2.05, 4.69) is 10.4 Å². The Morgan fingerprint density at radius 2 is 2.18 bits per heavy atom. The molecule has 1 aromatic carbocycles. The van der Waals surface area contributed by atoms with Crippen LogP contribution in [0.4, 0.5) is 5.69 Å². The molecular formula is C7H6ClN2O-. The lowest BCUT2D eigenvalue weighted by Gasteiger charge is -1.98. The maximum Gasteiger partial charge on any atom is 0.0893 e. The Morgan fingerprint density at radius 1 is 1.45 bits per heavy atom. The van der Waals surface area contributed by atoms with Crippen LogP contribution in [0.3, 0.4) is 0 Å². The van der Waals surface area contributed by atoms with Gasteiger partial charge in [0.1, 0.15) is 0 Å². The third-order valence-electron chi connectivity index (χ3n) is 1.32.